The van der Waals surface area contributed by atoms with Crippen molar-refractivity contribution in [1.82, 2.24) is 0 Å². The van der Waals surface area contributed by atoms with Gasteiger partial charge in [0.05, 0.1) is 18.6 Å². The van der Waals surface area contributed by atoms with Crippen LogP contribution in [0.25, 0.3) is 0 Å². The normalized spacial score (nSPS) is 18.3. The zero-order valence-electron chi connectivity index (χ0n) is 12.3. The van der Waals surface area contributed by atoms with Gasteiger partial charge >= 0.3 is 5.97 Å². The summed E-state index contributed by atoms with van der Waals surface area (Å²) >= 11 is 0. The Morgan fingerprint density at radius 2 is 1.78 bits per heavy atom. The van der Waals surface area contributed by atoms with Crippen molar-refractivity contribution < 1.29 is 14.3 Å². The van der Waals surface area contributed by atoms with E-state index in [9.17, 15) is 4.79 Å². The molecule has 0 aromatic rings. The Hall–Kier alpha value is -1.01. The van der Waals surface area contributed by atoms with Gasteiger partial charge in [0, 0.05) is 11.3 Å². The number of hydrogen-bond acceptors (Lipinski definition) is 3. The van der Waals surface area contributed by atoms with Crippen molar-refractivity contribution in [2.75, 3.05) is 19.8 Å². The first-order valence-electron chi connectivity index (χ1n) is 6.33. The third-order valence-corrected chi connectivity index (χ3v) is 3.37. The molecule has 0 saturated carbocycles. The molecule has 1 aliphatic heterocycles. The van der Waals surface area contributed by atoms with Crippen LogP contribution in [0.1, 0.15) is 41.5 Å². The van der Waals surface area contributed by atoms with E-state index in [0.717, 1.165) is 0 Å². The van der Waals surface area contributed by atoms with E-state index in [1.54, 1.807) is 0 Å². The first-order chi connectivity index (χ1) is 8.06. The zero-order valence-corrected chi connectivity index (χ0v) is 12.3. The van der Waals surface area contributed by atoms with Crippen LogP contribution in [0.4, 0.5) is 0 Å². The highest BCUT2D eigenvalue weighted by atomic mass is 16.5. The SMILES string of the molecule is CC(C)(C)C#CC(=O)OCC1(C(C)(C)C)COC1. The van der Waals surface area contributed by atoms with Gasteiger partial charge < -0.3 is 9.47 Å². The smallest absolute Gasteiger partial charge is 0.384 e. The Balaban J connectivity index is 2.55. The molecule has 0 spiro atoms. The molecule has 1 heterocycles. The summed E-state index contributed by atoms with van der Waals surface area (Å²) in [6.45, 7) is 14.0. The number of rotatable bonds is 2. The molecular formula is C15H24O3. The number of carbonyl (C=O) groups is 1. The van der Waals surface area contributed by atoms with Gasteiger partial charge in [-0.05, 0) is 26.2 Å². The van der Waals surface area contributed by atoms with Crippen LogP contribution < -0.4 is 0 Å². The molecular weight excluding hydrogens is 228 g/mol. The number of hydrogen-bond donors (Lipinski definition) is 0. The minimum atomic E-state index is -0.444. The molecule has 0 amide bonds. The Labute approximate surface area is 110 Å². The second kappa shape index (κ2) is 4.93. The van der Waals surface area contributed by atoms with Gasteiger partial charge in [0.2, 0.25) is 0 Å². The first kappa shape index (κ1) is 15.0. The van der Waals surface area contributed by atoms with Crippen LogP contribution in [-0.2, 0) is 14.3 Å². The highest BCUT2D eigenvalue weighted by molar-refractivity contribution is 5.88. The summed E-state index contributed by atoms with van der Waals surface area (Å²) in [4.78, 5) is 11.6. The van der Waals surface area contributed by atoms with E-state index >= 15 is 0 Å². The van der Waals surface area contributed by atoms with E-state index in [0.29, 0.717) is 19.8 Å². The Morgan fingerprint density at radius 1 is 1.22 bits per heavy atom. The van der Waals surface area contributed by atoms with E-state index < -0.39 is 5.97 Å². The summed E-state index contributed by atoms with van der Waals surface area (Å²) in [5, 5.41) is 0. The largest absolute Gasteiger partial charge is 0.455 e. The average Bonchev–Trinajstić information content (AvgIpc) is 2.09. The van der Waals surface area contributed by atoms with Crippen molar-refractivity contribution in [2.24, 2.45) is 16.2 Å². The standard InChI is InChI=1S/C15H24O3/c1-13(2,3)8-7-12(16)18-11-15(9-17-10-15)14(4,5)6/h9-11H2,1-6H3. The minimum absolute atomic E-state index is 0.0585. The molecule has 0 N–H and O–H groups in total. The summed E-state index contributed by atoms with van der Waals surface area (Å²) < 4.78 is 10.6. The maximum absolute atomic E-state index is 11.6. The fourth-order valence-corrected chi connectivity index (χ4v) is 1.56. The van der Waals surface area contributed by atoms with Crippen LogP contribution in [0.15, 0.2) is 0 Å². The molecule has 1 aliphatic rings. The molecule has 0 aromatic carbocycles. The van der Waals surface area contributed by atoms with Crippen molar-refractivity contribution in [3.05, 3.63) is 0 Å². The van der Waals surface area contributed by atoms with Crippen molar-refractivity contribution >= 4 is 5.97 Å². The lowest BCUT2D eigenvalue weighted by atomic mass is 9.65. The maximum Gasteiger partial charge on any atom is 0.384 e. The van der Waals surface area contributed by atoms with Gasteiger partial charge in [-0.15, -0.1) is 0 Å². The van der Waals surface area contributed by atoms with Crippen LogP contribution in [0.5, 0.6) is 0 Å². The zero-order chi connectivity index (χ0) is 14.0. The molecule has 102 valence electrons. The summed E-state index contributed by atoms with van der Waals surface area (Å²) in [5.41, 5.74) is -0.185. The van der Waals surface area contributed by atoms with E-state index in [1.807, 2.05) is 20.8 Å². The Bertz CT molecular complexity index is 367. The lowest BCUT2D eigenvalue weighted by Gasteiger charge is -2.50. The van der Waals surface area contributed by atoms with Gasteiger partial charge in [0.1, 0.15) is 6.61 Å². The molecule has 0 aromatic heterocycles. The summed E-state index contributed by atoms with van der Waals surface area (Å²) in [6.07, 6.45) is 0. The third kappa shape index (κ3) is 3.74. The molecule has 1 fully saturated rings. The van der Waals surface area contributed by atoms with Gasteiger partial charge in [-0.2, -0.15) is 0 Å². The third-order valence-electron chi connectivity index (χ3n) is 3.37. The molecule has 1 rings (SSSR count). The summed E-state index contributed by atoms with van der Waals surface area (Å²) in [7, 11) is 0. The van der Waals surface area contributed by atoms with Crippen molar-refractivity contribution in [2.45, 2.75) is 41.5 Å². The van der Waals surface area contributed by atoms with Crippen LogP contribution in [0.2, 0.25) is 0 Å². The lowest BCUT2D eigenvalue weighted by Crippen LogP contribution is -2.55. The second-order valence-corrected chi connectivity index (χ2v) is 7.10. The van der Waals surface area contributed by atoms with Crippen LogP contribution in [0.3, 0.4) is 0 Å². The fourth-order valence-electron chi connectivity index (χ4n) is 1.56. The van der Waals surface area contributed by atoms with Gasteiger partial charge in [0.15, 0.2) is 0 Å². The maximum atomic E-state index is 11.6. The number of esters is 1. The summed E-state index contributed by atoms with van der Waals surface area (Å²) in [5.74, 6) is 4.98. The van der Waals surface area contributed by atoms with Crippen molar-refractivity contribution in [3.8, 4) is 11.8 Å². The molecule has 0 atom stereocenters. The molecule has 0 bridgehead atoms. The lowest BCUT2D eigenvalue weighted by molar-refractivity contribution is -0.200. The molecule has 0 unspecified atom stereocenters. The highest BCUT2D eigenvalue weighted by Crippen LogP contribution is 2.44. The van der Waals surface area contributed by atoms with E-state index in [1.165, 1.54) is 0 Å². The monoisotopic (exact) mass is 252 g/mol. The molecule has 3 heteroatoms. The summed E-state index contributed by atoms with van der Waals surface area (Å²) in [6, 6.07) is 0. The van der Waals surface area contributed by atoms with Crippen LogP contribution in [-0.4, -0.2) is 25.8 Å². The fraction of sp³-hybridized carbons (Fsp3) is 0.800. The van der Waals surface area contributed by atoms with Gasteiger partial charge in [-0.3, -0.25) is 0 Å². The number of ether oxygens (including phenoxy) is 2. The first-order valence-corrected chi connectivity index (χ1v) is 6.33. The van der Waals surface area contributed by atoms with Gasteiger partial charge in [-0.1, -0.05) is 26.7 Å². The quantitative estimate of drug-likeness (QED) is 0.430. The van der Waals surface area contributed by atoms with Crippen LogP contribution in [0, 0.1) is 28.1 Å². The predicted octanol–water partition coefficient (Wildman–Crippen LogP) is 2.64. The van der Waals surface area contributed by atoms with Crippen LogP contribution >= 0.6 is 0 Å². The van der Waals surface area contributed by atoms with Crippen molar-refractivity contribution in [3.63, 3.8) is 0 Å². The van der Waals surface area contributed by atoms with E-state index in [2.05, 4.69) is 32.6 Å². The highest BCUT2D eigenvalue weighted by Gasteiger charge is 2.49. The molecule has 18 heavy (non-hydrogen) atoms. The Morgan fingerprint density at radius 3 is 2.11 bits per heavy atom. The van der Waals surface area contributed by atoms with E-state index in [4.69, 9.17) is 9.47 Å². The van der Waals surface area contributed by atoms with Gasteiger partial charge in [-0.25, -0.2) is 4.79 Å². The molecule has 0 radical (unpaired) electrons. The number of carbonyl (C=O) groups excluding carboxylic acids is 1. The predicted molar refractivity (Wildman–Crippen MR) is 70.9 cm³/mol. The average molecular weight is 252 g/mol. The van der Waals surface area contributed by atoms with Crippen molar-refractivity contribution in [1.29, 1.82) is 0 Å². The minimum Gasteiger partial charge on any atom is -0.455 e. The van der Waals surface area contributed by atoms with Gasteiger partial charge in [0.25, 0.3) is 0 Å². The van der Waals surface area contributed by atoms with E-state index in [-0.39, 0.29) is 16.2 Å². The second-order valence-electron chi connectivity index (χ2n) is 7.10. The molecule has 1 saturated heterocycles. The topological polar surface area (TPSA) is 35.5 Å². The Kier molecular flexibility index (Phi) is 4.12. The molecule has 0 aliphatic carbocycles. The molecule has 3 nitrogen and oxygen atoms in total.